The molecule has 26 heavy (non-hydrogen) atoms. The minimum absolute atomic E-state index is 0.0537. The summed E-state index contributed by atoms with van der Waals surface area (Å²) < 4.78 is 1.98. The van der Waals surface area contributed by atoms with Gasteiger partial charge in [-0.1, -0.05) is 31.2 Å². The van der Waals surface area contributed by atoms with Gasteiger partial charge in [0.15, 0.2) is 11.6 Å². The molecule has 0 saturated heterocycles. The number of aryl methyl sites for hydroxylation is 2. The summed E-state index contributed by atoms with van der Waals surface area (Å²) in [4.78, 5) is 21.7. The fraction of sp³-hybridized carbons (Fsp3) is 0.368. The predicted octanol–water partition coefficient (Wildman–Crippen LogP) is 2.64. The van der Waals surface area contributed by atoms with Gasteiger partial charge in [-0.05, 0) is 37.3 Å². The van der Waals surface area contributed by atoms with Gasteiger partial charge in [-0.25, -0.2) is 14.6 Å². The zero-order valence-corrected chi connectivity index (χ0v) is 15.7. The Morgan fingerprint density at radius 3 is 2.54 bits per heavy atom. The number of nitrogens with two attached hydrogens (primary N) is 1. The molecule has 1 aliphatic carbocycles. The fourth-order valence-corrected chi connectivity index (χ4v) is 4.51. The third kappa shape index (κ3) is 3.03. The van der Waals surface area contributed by atoms with Crippen LogP contribution in [0.3, 0.4) is 0 Å². The van der Waals surface area contributed by atoms with E-state index in [0.717, 1.165) is 40.7 Å². The Kier molecular flexibility index (Phi) is 4.32. The highest BCUT2D eigenvalue weighted by Crippen LogP contribution is 2.35. The molecule has 1 amide bonds. The zero-order chi connectivity index (χ0) is 18.3. The van der Waals surface area contributed by atoms with E-state index in [2.05, 4.69) is 46.3 Å². The molecule has 0 unspecified atom stereocenters. The molecule has 0 aliphatic heterocycles. The second-order valence-electron chi connectivity index (χ2n) is 6.65. The molecule has 0 fully saturated rings. The average Bonchev–Trinajstić information content (AvgIpc) is 3.29. The van der Waals surface area contributed by atoms with E-state index >= 15 is 0 Å². The number of rotatable bonds is 5. The van der Waals surface area contributed by atoms with Crippen LogP contribution in [0, 0.1) is 6.92 Å². The molecule has 6 nitrogen and oxygen atoms in total. The number of amides is 1. The number of hydrogen-bond acceptors (Lipinski definition) is 5. The summed E-state index contributed by atoms with van der Waals surface area (Å²) in [7, 11) is 0. The smallest absolute Gasteiger partial charge is 0.225 e. The fourth-order valence-electron chi connectivity index (χ4n) is 3.53. The highest BCUT2D eigenvalue weighted by Gasteiger charge is 2.28. The molecule has 4 rings (SSSR count). The standard InChI is InChI=1S/C19H21N5OS/c1-3-17-21-11(2)18(26-17)19-22-16(10-15(20)25)23-24(19)14-8-12-6-4-5-7-13(12)9-14/h4-7,14H,3,8-10H2,1-2H3,(H2,20,25). The Morgan fingerprint density at radius 2 is 1.96 bits per heavy atom. The molecule has 7 heteroatoms. The van der Waals surface area contributed by atoms with E-state index in [1.54, 1.807) is 11.3 Å². The first kappa shape index (κ1) is 16.9. The Morgan fingerprint density at radius 1 is 1.27 bits per heavy atom. The lowest BCUT2D eigenvalue weighted by molar-refractivity contribution is -0.117. The highest BCUT2D eigenvalue weighted by molar-refractivity contribution is 7.15. The maximum atomic E-state index is 11.4. The van der Waals surface area contributed by atoms with Crippen molar-refractivity contribution in [3.05, 3.63) is 51.9 Å². The molecule has 134 valence electrons. The SMILES string of the molecule is CCc1nc(C)c(-c2nc(CC(N)=O)nn2C2Cc3ccccc3C2)s1. The lowest BCUT2D eigenvalue weighted by Gasteiger charge is -2.12. The van der Waals surface area contributed by atoms with Gasteiger partial charge in [0.25, 0.3) is 0 Å². The second-order valence-corrected chi connectivity index (χ2v) is 7.73. The number of aromatic nitrogens is 4. The summed E-state index contributed by atoms with van der Waals surface area (Å²) in [5.41, 5.74) is 9.03. The van der Waals surface area contributed by atoms with Gasteiger partial charge in [0.1, 0.15) is 0 Å². The lowest BCUT2D eigenvalue weighted by atomic mass is 10.1. The Labute approximate surface area is 156 Å². The van der Waals surface area contributed by atoms with Crippen molar-refractivity contribution in [2.45, 2.75) is 45.6 Å². The van der Waals surface area contributed by atoms with Crippen LogP contribution in [0.15, 0.2) is 24.3 Å². The van der Waals surface area contributed by atoms with E-state index in [1.807, 2.05) is 11.6 Å². The van der Waals surface area contributed by atoms with Crippen LogP contribution in [0.25, 0.3) is 10.7 Å². The van der Waals surface area contributed by atoms with Crippen LogP contribution in [0.5, 0.6) is 0 Å². The molecule has 0 saturated carbocycles. The van der Waals surface area contributed by atoms with Crippen LogP contribution >= 0.6 is 11.3 Å². The molecule has 1 aromatic carbocycles. The molecule has 2 heterocycles. The number of nitrogens with zero attached hydrogens (tertiary/aromatic N) is 4. The maximum Gasteiger partial charge on any atom is 0.225 e. The van der Waals surface area contributed by atoms with Gasteiger partial charge in [-0.15, -0.1) is 11.3 Å². The van der Waals surface area contributed by atoms with Gasteiger partial charge < -0.3 is 5.73 Å². The van der Waals surface area contributed by atoms with E-state index < -0.39 is 5.91 Å². The summed E-state index contributed by atoms with van der Waals surface area (Å²) in [5.74, 6) is 0.863. The lowest BCUT2D eigenvalue weighted by Crippen LogP contribution is -2.16. The summed E-state index contributed by atoms with van der Waals surface area (Å²) in [5, 5.41) is 5.73. The van der Waals surface area contributed by atoms with Crippen molar-refractivity contribution in [1.82, 2.24) is 19.7 Å². The van der Waals surface area contributed by atoms with Gasteiger partial charge >= 0.3 is 0 Å². The summed E-state index contributed by atoms with van der Waals surface area (Å²) >= 11 is 1.65. The number of primary amides is 1. The third-order valence-corrected chi connectivity index (χ3v) is 6.03. The first-order valence-corrected chi connectivity index (χ1v) is 9.64. The van der Waals surface area contributed by atoms with Crippen molar-refractivity contribution in [3.8, 4) is 10.7 Å². The van der Waals surface area contributed by atoms with E-state index in [4.69, 9.17) is 5.73 Å². The Hall–Kier alpha value is -2.54. The molecule has 0 bridgehead atoms. The van der Waals surface area contributed by atoms with Crippen molar-refractivity contribution in [2.75, 3.05) is 0 Å². The van der Waals surface area contributed by atoms with Gasteiger partial charge in [-0.3, -0.25) is 4.79 Å². The summed E-state index contributed by atoms with van der Waals surface area (Å²) in [6.07, 6.45) is 2.78. The van der Waals surface area contributed by atoms with E-state index in [1.165, 1.54) is 11.1 Å². The van der Waals surface area contributed by atoms with Crippen LogP contribution in [-0.4, -0.2) is 25.7 Å². The minimum atomic E-state index is -0.418. The van der Waals surface area contributed by atoms with Crippen molar-refractivity contribution >= 4 is 17.2 Å². The van der Waals surface area contributed by atoms with Crippen LogP contribution in [0.4, 0.5) is 0 Å². The number of hydrogen-bond donors (Lipinski definition) is 1. The van der Waals surface area contributed by atoms with Crippen LogP contribution in [-0.2, 0) is 30.5 Å². The van der Waals surface area contributed by atoms with Crippen LogP contribution in [0.2, 0.25) is 0 Å². The van der Waals surface area contributed by atoms with Crippen molar-refractivity contribution in [3.63, 3.8) is 0 Å². The molecular weight excluding hydrogens is 346 g/mol. The minimum Gasteiger partial charge on any atom is -0.369 e. The number of carbonyl (C=O) groups excluding carboxylic acids is 1. The van der Waals surface area contributed by atoms with E-state index in [-0.39, 0.29) is 12.5 Å². The number of fused-ring (bicyclic) bond motifs is 1. The highest BCUT2D eigenvalue weighted by atomic mass is 32.1. The predicted molar refractivity (Wildman–Crippen MR) is 101 cm³/mol. The first-order chi connectivity index (χ1) is 12.5. The van der Waals surface area contributed by atoms with Gasteiger partial charge in [0, 0.05) is 0 Å². The zero-order valence-electron chi connectivity index (χ0n) is 14.9. The second kappa shape index (κ2) is 6.64. The molecule has 0 atom stereocenters. The van der Waals surface area contributed by atoms with E-state index in [9.17, 15) is 4.79 Å². The van der Waals surface area contributed by atoms with Crippen molar-refractivity contribution < 1.29 is 4.79 Å². The topological polar surface area (TPSA) is 86.7 Å². The molecular formula is C19H21N5OS. The first-order valence-electron chi connectivity index (χ1n) is 8.82. The average molecular weight is 367 g/mol. The number of carbonyl (C=O) groups is 1. The monoisotopic (exact) mass is 367 g/mol. The molecule has 1 aliphatic rings. The van der Waals surface area contributed by atoms with Crippen LogP contribution < -0.4 is 5.73 Å². The maximum absolute atomic E-state index is 11.4. The number of thiazole rings is 1. The van der Waals surface area contributed by atoms with Gasteiger partial charge in [0.05, 0.1) is 28.0 Å². The molecule has 3 aromatic rings. The van der Waals surface area contributed by atoms with E-state index in [0.29, 0.717) is 5.82 Å². The third-order valence-electron chi connectivity index (χ3n) is 4.73. The summed E-state index contributed by atoms with van der Waals surface area (Å²) in [6, 6.07) is 8.68. The normalized spacial score (nSPS) is 13.9. The van der Waals surface area contributed by atoms with Gasteiger partial charge in [-0.2, -0.15) is 5.10 Å². The Bertz CT molecular complexity index is 949. The Balaban J connectivity index is 1.77. The molecule has 0 radical (unpaired) electrons. The van der Waals surface area contributed by atoms with Crippen molar-refractivity contribution in [2.24, 2.45) is 5.73 Å². The summed E-state index contributed by atoms with van der Waals surface area (Å²) in [6.45, 7) is 4.10. The molecule has 2 N–H and O–H groups in total. The van der Waals surface area contributed by atoms with Crippen molar-refractivity contribution in [1.29, 1.82) is 0 Å². The number of benzene rings is 1. The van der Waals surface area contributed by atoms with Gasteiger partial charge in [0.2, 0.25) is 5.91 Å². The molecule has 2 aromatic heterocycles. The van der Waals surface area contributed by atoms with Crippen LogP contribution in [0.1, 0.15) is 40.6 Å². The largest absolute Gasteiger partial charge is 0.369 e. The molecule has 0 spiro atoms. The quantitative estimate of drug-likeness (QED) is 0.751.